The van der Waals surface area contributed by atoms with E-state index in [0.29, 0.717) is 18.1 Å². The normalized spacial score (nSPS) is 10.3. The Kier molecular flexibility index (Phi) is 3.74. The van der Waals surface area contributed by atoms with Crippen molar-refractivity contribution in [1.82, 2.24) is 19.7 Å². The van der Waals surface area contributed by atoms with Crippen molar-refractivity contribution in [3.8, 4) is 0 Å². The summed E-state index contributed by atoms with van der Waals surface area (Å²) in [4.78, 5) is 19.5. The van der Waals surface area contributed by atoms with Crippen LogP contribution in [0.4, 0.5) is 5.82 Å². The average Bonchev–Trinajstić information content (AvgIpc) is 2.80. The van der Waals surface area contributed by atoms with Crippen molar-refractivity contribution in [2.24, 2.45) is 7.05 Å². The Morgan fingerprint density at radius 1 is 1.47 bits per heavy atom. The molecule has 0 fully saturated rings. The topological polar surface area (TPSA) is 81.9 Å². The van der Waals surface area contributed by atoms with Crippen molar-refractivity contribution < 1.29 is 9.53 Å². The molecule has 0 saturated heterocycles. The van der Waals surface area contributed by atoms with Crippen molar-refractivity contribution in [2.45, 2.75) is 13.5 Å². The van der Waals surface area contributed by atoms with Gasteiger partial charge >= 0.3 is 5.97 Å². The molecule has 2 aromatic heterocycles. The number of methoxy groups -OCH3 is 1. The fourth-order valence-electron chi connectivity index (χ4n) is 1.60. The van der Waals surface area contributed by atoms with Crippen molar-refractivity contribution in [1.29, 1.82) is 0 Å². The number of esters is 1. The SMILES string of the molecule is COC(=O)c1nc(C)cc(NCc2ccnn2C)n1. The van der Waals surface area contributed by atoms with Crippen LogP contribution in [0.1, 0.15) is 22.0 Å². The standard InChI is InChI=1S/C12H15N5O2/c1-8-6-10(16-11(15-8)12(18)19-3)13-7-9-4-5-14-17(9)2/h4-6H,7H2,1-3H3,(H,13,15,16). The first-order chi connectivity index (χ1) is 9.10. The molecule has 2 aromatic rings. The maximum Gasteiger partial charge on any atom is 0.376 e. The van der Waals surface area contributed by atoms with Gasteiger partial charge in [-0.1, -0.05) is 0 Å². The first-order valence-electron chi connectivity index (χ1n) is 5.75. The smallest absolute Gasteiger partial charge is 0.376 e. The van der Waals surface area contributed by atoms with E-state index in [1.165, 1.54) is 7.11 Å². The maximum absolute atomic E-state index is 11.4. The fraction of sp³-hybridized carbons (Fsp3) is 0.333. The summed E-state index contributed by atoms with van der Waals surface area (Å²) < 4.78 is 6.38. The summed E-state index contributed by atoms with van der Waals surface area (Å²) in [6, 6.07) is 3.67. The minimum Gasteiger partial charge on any atom is -0.463 e. The molecule has 0 aromatic carbocycles. The molecule has 1 N–H and O–H groups in total. The summed E-state index contributed by atoms with van der Waals surface area (Å²) in [7, 11) is 3.17. The van der Waals surface area contributed by atoms with Crippen molar-refractivity contribution in [3.05, 3.63) is 35.5 Å². The highest BCUT2D eigenvalue weighted by molar-refractivity contribution is 5.85. The molecular formula is C12H15N5O2. The summed E-state index contributed by atoms with van der Waals surface area (Å²) in [6.07, 6.45) is 1.72. The summed E-state index contributed by atoms with van der Waals surface area (Å²) in [5, 5.41) is 7.20. The molecule has 0 aliphatic heterocycles. The Bertz CT molecular complexity index is 594. The van der Waals surface area contributed by atoms with Crippen LogP contribution in [-0.2, 0) is 18.3 Å². The zero-order valence-corrected chi connectivity index (χ0v) is 11.0. The number of nitrogens with zero attached hydrogens (tertiary/aromatic N) is 4. The summed E-state index contributed by atoms with van der Waals surface area (Å²) in [5.41, 5.74) is 1.71. The fourth-order valence-corrected chi connectivity index (χ4v) is 1.60. The number of ether oxygens (including phenoxy) is 1. The average molecular weight is 261 g/mol. The molecule has 7 nitrogen and oxygen atoms in total. The van der Waals surface area contributed by atoms with Gasteiger partial charge in [-0.25, -0.2) is 14.8 Å². The molecule has 0 bridgehead atoms. The lowest BCUT2D eigenvalue weighted by Crippen LogP contribution is -2.12. The number of anilines is 1. The number of carbonyl (C=O) groups is 1. The van der Waals surface area contributed by atoms with Gasteiger partial charge in [-0.3, -0.25) is 4.68 Å². The molecule has 0 radical (unpaired) electrons. The van der Waals surface area contributed by atoms with Crippen LogP contribution in [0.15, 0.2) is 18.3 Å². The minimum absolute atomic E-state index is 0.0509. The molecule has 2 heterocycles. The number of carbonyl (C=O) groups excluding carboxylic acids is 1. The Hall–Kier alpha value is -2.44. The van der Waals surface area contributed by atoms with E-state index in [9.17, 15) is 4.79 Å². The molecule has 2 rings (SSSR count). The quantitative estimate of drug-likeness (QED) is 0.824. The number of nitrogens with one attached hydrogen (secondary N) is 1. The Morgan fingerprint density at radius 3 is 2.89 bits per heavy atom. The predicted molar refractivity (Wildman–Crippen MR) is 68.6 cm³/mol. The molecule has 0 aliphatic rings. The van der Waals surface area contributed by atoms with E-state index < -0.39 is 5.97 Å². The van der Waals surface area contributed by atoms with Gasteiger partial charge in [-0.05, 0) is 13.0 Å². The third-order valence-corrected chi connectivity index (χ3v) is 2.60. The molecule has 19 heavy (non-hydrogen) atoms. The number of rotatable bonds is 4. The molecule has 0 saturated carbocycles. The van der Waals surface area contributed by atoms with Crippen LogP contribution in [0.25, 0.3) is 0 Å². The summed E-state index contributed by atoms with van der Waals surface area (Å²) >= 11 is 0. The van der Waals surface area contributed by atoms with E-state index >= 15 is 0 Å². The van der Waals surface area contributed by atoms with Gasteiger partial charge in [0.2, 0.25) is 5.82 Å². The first-order valence-corrected chi connectivity index (χ1v) is 5.75. The molecule has 100 valence electrons. The Labute approximate surface area is 110 Å². The first kappa shape index (κ1) is 13.0. The zero-order chi connectivity index (χ0) is 13.8. The second kappa shape index (κ2) is 5.47. The van der Waals surface area contributed by atoms with Crippen molar-refractivity contribution >= 4 is 11.8 Å². The second-order valence-corrected chi connectivity index (χ2v) is 4.01. The van der Waals surface area contributed by atoms with Gasteiger partial charge in [0.25, 0.3) is 0 Å². The van der Waals surface area contributed by atoms with Gasteiger partial charge < -0.3 is 10.1 Å². The second-order valence-electron chi connectivity index (χ2n) is 4.01. The van der Waals surface area contributed by atoms with E-state index in [2.05, 4.69) is 25.1 Å². The highest BCUT2D eigenvalue weighted by Gasteiger charge is 2.11. The zero-order valence-electron chi connectivity index (χ0n) is 11.0. The predicted octanol–water partition coefficient (Wildman–Crippen LogP) is 0.917. The third-order valence-electron chi connectivity index (χ3n) is 2.60. The summed E-state index contributed by atoms with van der Waals surface area (Å²) in [6.45, 7) is 2.36. The van der Waals surface area contributed by atoms with Crippen LogP contribution in [-0.4, -0.2) is 32.8 Å². The lowest BCUT2D eigenvalue weighted by molar-refractivity contribution is 0.0586. The largest absolute Gasteiger partial charge is 0.463 e. The number of aryl methyl sites for hydroxylation is 2. The monoisotopic (exact) mass is 261 g/mol. The van der Waals surface area contributed by atoms with Gasteiger partial charge in [0, 0.05) is 25.0 Å². The lowest BCUT2D eigenvalue weighted by Gasteiger charge is -2.08. The van der Waals surface area contributed by atoms with Gasteiger partial charge in [0.1, 0.15) is 5.82 Å². The van der Waals surface area contributed by atoms with Crippen molar-refractivity contribution in [2.75, 3.05) is 12.4 Å². The molecule has 0 amide bonds. The Balaban J connectivity index is 2.14. The van der Waals surface area contributed by atoms with E-state index in [1.54, 1.807) is 23.9 Å². The number of hydrogen-bond donors (Lipinski definition) is 1. The van der Waals surface area contributed by atoms with E-state index in [-0.39, 0.29) is 5.82 Å². The summed E-state index contributed by atoms with van der Waals surface area (Å²) in [5.74, 6) is 0.0800. The van der Waals surface area contributed by atoms with Gasteiger partial charge in [0.05, 0.1) is 19.3 Å². The molecule has 0 aliphatic carbocycles. The molecular weight excluding hydrogens is 246 g/mol. The van der Waals surface area contributed by atoms with Gasteiger partial charge in [-0.2, -0.15) is 5.10 Å². The van der Waals surface area contributed by atoms with Gasteiger partial charge in [-0.15, -0.1) is 0 Å². The van der Waals surface area contributed by atoms with Crippen LogP contribution < -0.4 is 5.32 Å². The molecule has 0 atom stereocenters. The third kappa shape index (κ3) is 3.06. The van der Waals surface area contributed by atoms with Crippen LogP contribution in [0.3, 0.4) is 0 Å². The Morgan fingerprint density at radius 2 is 2.26 bits per heavy atom. The maximum atomic E-state index is 11.4. The van der Waals surface area contributed by atoms with E-state index in [1.807, 2.05) is 13.1 Å². The van der Waals surface area contributed by atoms with Crippen LogP contribution in [0.2, 0.25) is 0 Å². The molecule has 7 heteroatoms. The highest BCUT2D eigenvalue weighted by atomic mass is 16.5. The van der Waals surface area contributed by atoms with Crippen LogP contribution in [0.5, 0.6) is 0 Å². The molecule has 0 unspecified atom stereocenters. The van der Waals surface area contributed by atoms with E-state index in [0.717, 1.165) is 5.69 Å². The lowest BCUT2D eigenvalue weighted by atomic mass is 10.3. The van der Waals surface area contributed by atoms with Crippen molar-refractivity contribution in [3.63, 3.8) is 0 Å². The number of aromatic nitrogens is 4. The minimum atomic E-state index is -0.549. The highest BCUT2D eigenvalue weighted by Crippen LogP contribution is 2.09. The van der Waals surface area contributed by atoms with Crippen LogP contribution in [0, 0.1) is 6.92 Å². The number of hydrogen-bond acceptors (Lipinski definition) is 6. The van der Waals surface area contributed by atoms with Gasteiger partial charge in [0.15, 0.2) is 0 Å². The van der Waals surface area contributed by atoms with Crippen LogP contribution >= 0.6 is 0 Å². The molecule has 0 spiro atoms. The van der Waals surface area contributed by atoms with E-state index in [4.69, 9.17) is 0 Å².